The molecule has 0 radical (unpaired) electrons. The predicted octanol–water partition coefficient (Wildman–Crippen LogP) is 3.89. The summed E-state index contributed by atoms with van der Waals surface area (Å²) >= 11 is 0. The van der Waals surface area contributed by atoms with E-state index >= 15 is 0 Å². The average Bonchev–Trinajstić information content (AvgIpc) is 3.04. The van der Waals surface area contributed by atoms with Crippen molar-refractivity contribution in [2.45, 2.75) is 38.8 Å². The van der Waals surface area contributed by atoms with E-state index in [2.05, 4.69) is 17.0 Å². The molecule has 1 aromatic rings. The van der Waals surface area contributed by atoms with Crippen molar-refractivity contribution in [3.8, 4) is 5.75 Å². The van der Waals surface area contributed by atoms with Gasteiger partial charge in [-0.2, -0.15) is 8.78 Å². The van der Waals surface area contributed by atoms with Gasteiger partial charge in [0.05, 0.1) is 0 Å². The molecule has 2 rings (SSSR count). The average molecular weight is 241 g/mol. The largest absolute Gasteiger partial charge is 0.435 e. The Kier molecular flexibility index (Phi) is 3.82. The van der Waals surface area contributed by atoms with Crippen molar-refractivity contribution in [3.63, 3.8) is 0 Å². The lowest BCUT2D eigenvalue weighted by Gasteiger charge is -2.15. The minimum absolute atomic E-state index is 0.195. The molecule has 1 aliphatic rings. The zero-order valence-corrected chi connectivity index (χ0v) is 9.83. The molecule has 0 spiro atoms. The van der Waals surface area contributed by atoms with Gasteiger partial charge in [0.15, 0.2) is 0 Å². The van der Waals surface area contributed by atoms with Gasteiger partial charge in [-0.1, -0.05) is 12.8 Å². The van der Waals surface area contributed by atoms with Gasteiger partial charge in [0.2, 0.25) is 0 Å². The molecule has 0 aromatic heterocycles. The van der Waals surface area contributed by atoms with E-state index in [1.165, 1.54) is 19.3 Å². The molecule has 17 heavy (non-hydrogen) atoms. The van der Waals surface area contributed by atoms with Gasteiger partial charge in [0.1, 0.15) is 5.75 Å². The van der Waals surface area contributed by atoms with Crippen LogP contribution in [0.2, 0.25) is 0 Å². The van der Waals surface area contributed by atoms with Crippen molar-refractivity contribution in [2.75, 3.05) is 5.32 Å². The van der Waals surface area contributed by atoms with E-state index in [4.69, 9.17) is 0 Å². The number of halogens is 2. The van der Waals surface area contributed by atoms with Gasteiger partial charge in [-0.25, -0.2) is 0 Å². The van der Waals surface area contributed by atoms with Gasteiger partial charge in [-0.3, -0.25) is 0 Å². The molecule has 1 atom stereocenters. The number of rotatable bonds is 6. The van der Waals surface area contributed by atoms with Gasteiger partial charge >= 0.3 is 6.61 Å². The molecule has 0 amide bonds. The van der Waals surface area contributed by atoms with E-state index in [9.17, 15) is 8.78 Å². The highest BCUT2D eigenvalue weighted by Crippen LogP contribution is 2.34. The number of hydrogen-bond donors (Lipinski definition) is 1. The van der Waals surface area contributed by atoms with Crippen LogP contribution in [0.25, 0.3) is 0 Å². The molecule has 1 unspecified atom stereocenters. The fourth-order valence-corrected chi connectivity index (χ4v) is 1.93. The van der Waals surface area contributed by atoms with Crippen LogP contribution >= 0.6 is 0 Å². The van der Waals surface area contributed by atoms with Crippen LogP contribution in [0, 0.1) is 5.92 Å². The summed E-state index contributed by atoms with van der Waals surface area (Å²) in [6.07, 6.45) is 3.86. The minimum Gasteiger partial charge on any atom is -0.435 e. The number of benzene rings is 1. The third-order valence-electron chi connectivity index (χ3n) is 2.88. The summed E-state index contributed by atoms with van der Waals surface area (Å²) < 4.78 is 28.2. The Morgan fingerprint density at radius 2 is 1.94 bits per heavy atom. The van der Waals surface area contributed by atoms with Gasteiger partial charge in [-0.15, -0.1) is 0 Å². The fraction of sp³-hybridized carbons (Fsp3) is 0.538. The Hall–Kier alpha value is -1.32. The molecule has 1 N–H and O–H groups in total. The monoisotopic (exact) mass is 241 g/mol. The van der Waals surface area contributed by atoms with Crippen LogP contribution < -0.4 is 10.1 Å². The molecule has 1 aliphatic carbocycles. The zero-order chi connectivity index (χ0) is 12.3. The molecule has 1 fully saturated rings. The predicted molar refractivity (Wildman–Crippen MR) is 63.5 cm³/mol. The van der Waals surface area contributed by atoms with Crippen LogP contribution in [-0.4, -0.2) is 12.7 Å². The fourth-order valence-electron chi connectivity index (χ4n) is 1.93. The van der Waals surface area contributed by atoms with Crippen LogP contribution in [0.4, 0.5) is 14.5 Å². The van der Waals surface area contributed by atoms with Crippen LogP contribution in [0.3, 0.4) is 0 Å². The van der Waals surface area contributed by atoms with Gasteiger partial charge in [0.25, 0.3) is 0 Å². The Morgan fingerprint density at radius 3 is 2.47 bits per heavy atom. The standard InChI is InChI=1S/C13H17F2NO/c1-9(8-10-2-3-10)16-11-4-6-12(7-5-11)17-13(14)15/h4-7,9-10,13,16H,2-3,8H2,1H3. The molecule has 1 saturated carbocycles. The number of ether oxygens (including phenoxy) is 1. The molecular weight excluding hydrogens is 224 g/mol. The lowest BCUT2D eigenvalue weighted by atomic mass is 10.1. The van der Waals surface area contributed by atoms with E-state index in [0.717, 1.165) is 11.6 Å². The summed E-state index contributed by atoms with van der Waals surface area (Å²) in [5.41, 5.74) is 0.944. The Morgan fingerprint density at radius 1 is 1.29 bits per heavy atom. The topological polar surface area (TPSA) is 21.3 Å². The van der Waals surface area contributed by atoms with Gasteiger partial charge in [0, 0.05) is 11.7 Å². The maximum absolute atomic E-state index is 11.9. The number of anilines is 1. The lowest BCUT2D eigenvalue weighted by molar-refractivity contribution is -0.0498. The van der Waals surface area contributed by atoms with Crippen LogP contribution in [0.15, 0.2) is 24.3 Å². The van der Waals surface area contributed by atoms with Crippen molar-refractivity contribution < 1.29 is 13.5 Å². The Bertz CT molecular complexity index is 349. The lowest BCUT2D eigenvalue weighted by Crippen LogP contribution is -2.15. The van der Waals surface area contributed by atoms with Crippen molar-refractivity contribution in [1.82, 2.24) is 0 Å². The third kappa shape index (κ3) is 4.21. The maximum Gasteiger partial charge on any atom is 0.387 e. The van der Waals surface area contributed by atoms with Crippen molar-refractivity contribution >= 4 is 5.69 Å². The highest BCUT2D eigenvalue weighted by atomic mass is 19.3. The second-order valence-electron chi connectivity index (χ2n) is 4.63. The van der Waals surface area contributed by atoms with Gasteiger partial charge < -0.3 is 10.1 Å². The quantitative estimate of drug-likeness (QED) is 0.815. The first kappa shape index (κ1) is 12.1. The summed E-state index contributed by atoms with van der Waals surface area (Å²) in [5.74, 6) is 1.07. The van der Waals surface area contributed by atoms with Crippen LogP contribution in [-0.2, 0) is 0 Å². The molecule has 2 nitrogen and oxygen atoms in total. The Labute approximate surface area is 100.0 Å². The molecular formula is C13H17F2NO. The number of nitrogens with one attached hydrogen (secondary N) is 1. The summed E-state index contributed by atoms with van der Waals surface area (Å²) in [6, 6.07) is 7.06. The molecule has 0 bridgehead atoms. The Balaban J connectivity index is 1.83. The van der Waals surface area contributed by atoms with E-state index in [-0.39, 0.29) is 5.75 Å². The molecule has 94 valence electrons. The van der Waals surface area contributed by atoms with Crippen molar-refractivity contribution in [3.05, 3.63) is 24.3 Å². The van der Waals surface area contributed by atoms with Crippen molar-refractivity contribution in [1.29, 1.82) is 0 Å². The highest BCUT2D eigenvalue weighted by Gasteiger charge is 2.23. The number of hydrogen-bond acceptors (Lipinski definition) is 2. The highest BCUT2D eigenvalue weighted by molar-refractivity contribution is 5.46. The summed E-state index contributed by atoms with van der Waals surface area (Å²) in [4.78, 5) is 0. The van der Waals surface area contributed by atoms with Gasteiger partial charge in [-0.05, 0) is 43.5 Å². The minimum atomic E-state index is -2.76. The van der Waals surface area contributed by atoms with Crippen LogP contribution in [0.5, 0.6) is 5.75 Å². The third-order valence-corrected chi connectivity index (χ3v) is 2.88. The second kappa shape index (κ2) is 5.34. The smallest absolute Gasteiger partial charge is 0.387 e. The van der Waals surface area contributed by atoms with Crippen molar-refractivity contribution in [2.24, 2.45) is 5.92 Å². The maximum atomic E-state index is 11.9. The normalized spacial score (nSPS) is 16.9. The summed E-state index contributed by atoms with van der Waals surface area (Å²) in [7, 11) is 0. The molecule has 0 saturated heterocycles. The SMILES string of the molecule is CC(CC1CC1)Nc1ccc(OC(F)F)cc1. The molecule has 4 heteroatoms. The zero-order valence-electron chi connectivity index (χ0n) is 9.83. The van der Waals surface area contributed by atoms with E-state index in [1.807, 2.05) is 0 Å². The van der Waals surface area contributed by atoms with E-state index in [1.54, 1.807) is 24.3 Å². The number of alkyl halides is 2. The second-order valence-corrected chi connectivity index (χ2v) is 4.63. The first-order chi connectivity index (χ1) is 8.13. The molecule has 0 heterocycles. The van der Waals surface area contributed by atoms with E-state index < -0.39 is 6.61 Å². The first-order valence-electron chi connectivity index (χ1n) is 5.95. The summed E-state index contributed by atoms with van der Waals surface area (Å²) in [6.45, 7) is -0.621. The summed E-state index contributed by atoms with van der Waals surface area (Å²) in [5, 5.41) is 3.35. The first-order valence-corrected chi connectivity index (χ1v) is 5.95. The molecule has 0 aliphatic heterocycles. The van der Waals surface area contributed by atoms with E-state index in [0.29, 0.717) is 6.04 Å². The van der Waals surface area contributed by atoms with Crippen LogP contribution in [0.1, 0.15) is 26.2 Å². The molecule has 1 aromatic carbocycles.